The first-order valence-electron chi connectivity index (χ1n) is 19.2. The summed E-state index contributed by atoms with van der Waals surface area (Å²) in [7, 11) is 0. The molecule has 4 heterocycles. The van der Waals surface area contributed by atoms with Crippen LogP contribution in [0.2, 0.25) is 0 Å². The number of nitrogens with zero attached hydrogens (tertiary/aromatic N) is 5. The molecule has 0 spiro atoms. The highest BCUT2D eigenvalue weighted by Gasteiger charge is 2.22. The van der Waals surface area contributed by atoms with E-state index in [0.717, 1.165) is 50.1 Å². The van der Waals surface area contributed by atoms with E-state index in [-0.39, 0.29) is 0 Å². The van der Waals surface area contributed by atoms with E-state index < -0.39 is 0 Å². The molecule has 0 radical (unpaired) electrons. The van der Waals surface area contributed by atoms with Crippen LogP contribution in [0.3, 0.4) is 0 Å². The lowest BCUT2D eigenvalue weighted by molar-refractivity contribution is 1.13. The second-order valence-electron chi connectivity index (χ2n) is 14.6. The molecule has 0 N–H and O–H groups in total. The Morgan fingerprint density at radius 1 is 0.351 bits per heavy atom. The van der Waals surface area contributed by atoms with Crippen LogP contribution in [0.25, 0.3) is 116 Å². The first-order valence-corrected chi connectivity index (χ1v) is 19.2. The number of para-hydroxylation sites is 3. The van der Waals surface area contributed by atoms with Gasteiger partial charge in [-0.3, -0.25) is 0 Å². The molecule has 0 aliphatic rings. The minimum absolute atomic E-state index is 0.552. The van der Waals surface area contributed by atoms with Crippen molar-refractivity contribution >= 4 is 59.8 Å². The lowest BCUT2D eigenvalue weighted by Crippen LogP contribution is -2.01. The number of hydrogen-bond acceptors (Lipinski definition) is 4. The summed E-state index contributed by atoms with van der Waals surface area (Å²) in [6.07, 6.45) is 0. The van der Waals surface area contributed by atoms with Crippen molar-refractivity contribution in [2.75, 3.05) is 0 Å². The largest absolute Gasteiger partial charge is 0.308 e. The Bertz CT molecular complexity index is 3500. The maximum atomic E-state index is 5.40. The van der Waals surface area contributed by atoms with E-state index in [2.05, 4.69) is 150 Å². The van der Waals surface area contributed by atoms with Crippen molar-refractivity contribution in [1.82, 2.24) is 24.3 Å². The van der Waals surface area contributed by atoms with Gasteiger partial charge in [-0.2, -0.15) is 0 Å². The molecule has 0 aliphatic heterocycles. The molecule has 5 nitrogen and oxygen atoms in total. The summed E-state index contributed by atoms with van der Waals surface area (Å²) in [4.78, 5) is 21.1. The standard InChI is InChI=1S/C52H31N5/c1-3-13-32(14-4-1)33-25-27-36(28-26-33)51-54-43(31-44(55-51)52-53-42-22-9-7-19-40(42)49(56-52)35-15-5-2-6-16-35)39-30-29-34-17-11-24-46-47(34)48(39)41-21-12-20-38-37-18-8-10-23-45(37)57(46)50(38)41/h1-31H. The van der Waals surface area contributed by atoms with Gasteiger partial charge in [-0.15, -0.1) is 0 Å². The van der Waals surface area contributed by atoms with Crippen molar-refractivity contribution in [3.63, 3.8) is 0 Å². The lowest BCUT2D eigenvalue weighted by atomic mass is 9.93. The number of hydrogen-bond donors (Lipinski definition) is 0. The summed E-state index contributed by atoms with van der Waals surface area (Å²) in [6.45, 7) is 0. The summed E-state index contributed by atoms with van der Waals surface area (Å²) >= 11 is 0. The van der Waals surface area contributed by atoms with Gasteiger partial charge in [-0.05, 0) is 40.8 Å². The van der Waals surface area contributed by atoms with Gasteiger partial charge in [0.15, 0.2) is 11.6 Å². The summed E-state index contributed by atoms with van der Waals surface area (Å²) in [5, 5.41) is 8.22. The topological polar surface area (TPSA) is 56.0 Å². The van der Waals surface area contributed by atoms with E-state index >= 15 is 0 Å². The number of fused-ring (bicyclic) bond motifs is 6. The van der Waals surface area contributed by atoms with Gasteiger partial charge in [0.2, 0.25) is 0 Å². The second kappa shape index (κ2) is 12.4. The van der Waals surface area contributed by atoms with Gasteiger partial charge < -0.3 is 4.40 Å². The maximum absolute atomic E-state index is 5.40. The van der Waals surface area contributed by atoms with Gasteiger partial charge in [0.1, 0.15) is 5.69 Å². The number of rotatable bonds is 5. The minimum atomic E-state index is 0.552. The fourth-order valence-corrected chi connectivity index (χ4v) is 8.79. The molecular formula is C52H31N5. The maximum Gasteiger partial charge on any atom is 0.179 e. The van der Waals surface area contributed by atoms with Crippen LogP contribution < -0.4 is 0 Å². The molecule has 5 heteroatoms. The van der Waals surface area contributed by atoms with Crippen molar-refractivity contribution in [2.45, 2.75) is 0 Å². The Hall–Kier alpha value is -7.76. The molecule has 0 unspecified atom stereocenters. The number of pyridine rings is 1. The van der Waals surface area contributed by atoms with E-state index in [1.54, 1.807) is 0 Å². The molecular weight excluding hydrogens is 695 g/mol. The molecule has 8 aromatic carbocycles. The predicted molar refractivity (Wildman–Crippen MR) is 234 cm³/mol. The van der Waals surface area contributed by atoms with Crippen molar-refractivity contribution in [3.8, 4) is 56.5 Å². The highest BCUT2D eigenvalue weighted by Crippen LogP contribution is 2.44. The van der Waals surface area contributed by atoms with E-state index in [9.17, 15) is 0 Å². The predicted octanol–water partition coefficient (Wildman–Crippen LogP) is 13.1. The SMILES string of the molecule is c1ccc(-c2ccc(-c3nc(-c4nc(-c5ccccc5)c5ccccc5n4)cc(-c4ccc5cccc6c5c4c4cccc5c7ccccc7n6c54)n3)cc2)cc1. The zero-order chi connectivity index (χ0) is 37.5. The quantitative estimate of drug-likeness (QED) is 0.131. The van der Waals surface area contributed by atoms with Crippen molar-refractivity contribution in [2.24, 2.45) is 0 Å². The number of aromatic nitrogens is 5. The fourth-order valence-electron chi connectivity index (χ4n) is 8.79. The molecule has 0 bridgehead atoms. The Morgan fingerprint density at radius 3 is 1.82 bits per heavy atom. The Kier molecular flexibility index (Phi) is 6.86. The molecule has 12 aromatic rings. The summed E-state index contributed by atoms with van der Waals surface area (Å²) in [5.41, 5.74) is 12.1. The third kappa shape index (κ3) is 4.89. The zero-order valence-corrected chi connectivity index (χ0v) is 30.6. The van der Waals surface area contributed by atoms with Gasteiger partial charge in [0.25, 0.3) is 0 Å². The molecule has 12 rings (SSSR count). The van der Waals surface area contributed by atoms with E-state index in [1.165, 1.54) is 48.9 Å². The van der Waals surface area contributed by atoms with Gasteiger partial charge in [0, 0.05) is 49.0 Å². The van der Waals surface area contributed by atoms with Crippen LogP contribution in [0.5, 0.6) is 0 Å². The first-order chi connectivity index (χ1) is 28.3. The smallest absolute Gasteiger partial charge is 0.179 e. The fraction of sp³-hybridized carbons (Fsp3) is 0. The zero-order valence-electron chi connectivity index (χ0n) is 30.6. The van der Waals surface area contributed by atoms with Gasteiger partial charge in [0.05, 0.1) is 33.5 Å². The summed E-state index contributed by atoms with van der Waals surface area (Å²) < 4.78 is 2.44. The highest BCUT2D eigenvalue weighted by molar-refractivity contribution is 6.29. The third-order valence-electron chi connectivity index (χ3n) is 11.4. The molecule has 0 amide bonds. The van der Waals surface area contributed by atoms with Gasteiger partial charge >= 0.3 is 0 Å². The van der Waals surface area contributed by atoms with Crippen molar-refractivity contribution in [3.05, 3.63) is 188 Å². The van der Waals surface area contributed by atoms with Crippen LogP contribution in [0, 0.1) is 0 Å². The Labute approximate surface area is 327 Å². The second-order valence-corrected chi connectivity index (χ2v) is 14.6. The normalized spacial score (nSPS) is 11.9. The Morgan fingerprint density at radius 2 is 0.982 bits per heavy atom. The lowest BCUT2D eigenvalue weighted by Gasteiger charge is -2.17. The first kappa shape index (κ1) is 31.6. The van der Waals surface area contributed by atoms with Crippen LogP contribution in [-0.2, 0) is 0 Å². The van der Waals surface area contributed by atoms with Gasteiger partial charge in [-0.1, -0.05) is 164 Å². The third-order valence-corrected chi connectivity index (χ3v) is 11.4. The van der Waals surface area contributed by atoms with Crippen LogP contribution in [0.4, 0.5) is 0 Å². The van der Waals surface area contributed by atoms with E-state index in [1.807, 2.05) is 42.5 Å². The van der Waals surface area contributed by atoms with Crippen LogP contribution in [-0.4, -0.2) is 24.3 Å². The average Bonchev–Trinajstić information content (AvgIpc) is 3.63. The van der Waals surface area contributed by atoms with E-state index in [4.69, 9.17) is 19.9 Å². The molecule has 57 heavy (non-hydrogen) atoms. The monoisotopic (exact) mass is 725 g/mol. The molecule has 0 saturated carbocycles. The minimum Gasteiger partial charge on any atom is -0.308 e. The molecule has 0 atom stereocenters. The Balaban J connectivity index is 1.16. The molecule has 0 aliphatic carbocycles. The molecule has 264 valence electrons. The van der Waals surface area contributed by atoms with Crippen LogP contribution in [0.1, 0.15) is 0 Å². The highest BCUT2D eigenvalue weighted by atomic mass is 15.0. The van der Waals surface area contributed by atoms with Crippen molar-refractivity contribution < 1.29 is 0 Å². The summed E-state index contributed by atoms with van der Waals surface area (Å²) in [5.74, 6) is 1.17. The molecule has 0 saturated heterocycles. The summed E-state index contributed by atoms with van der Waals surface area (Å²) in [6, 6.07) is 66.0. The van der Waals surface area contributed by atoms with Crippen LogP contribution >= 0.6 is 0 Å². The number of benzene rings is 8. The molecule has 0 fully saturated rings. The van der Waals surface area contributed by atoms with Gasteiger partial charge in [-0.25, -0.2) is 19.9 Å². The molecule has 4 aromatic heterocycles. The average molecular weight is 726 g/mol. The van der Waals surface area contributed by atoms with Crippen molar-refractivity contribution in [1.29, 1.82) is 0 Å². The van der Waals surface area contributed by atoms with E-state index in [0.29, 0.717) is 17.3 Å². The van der Waals surface area contributed by atoms with Crippen LogP contribution in [0.15, 0.2) is 188 Å².